The molecule has 12 heteroatoms. The van der Waals surface area contributed by atoms with Crippen molar-refractivity contribution in [3.63, 3.8) is 0 Å². The van der Waals surface area contributed by atoms with Gasteiger partial charge in [0.25, 0.3) is 0 Å². The lowest BCUT2D eigenvalue weighted by molar-refractivity contribution is -0.120. The summed E-state index contributed by atoms with van der Waals surface area (Å²) in [6, 6.07) is 8.24. The topological polar surface area (TPSA) is 115 Å². The molecular weight excluding hydrogens is 469 g/mol. The molecule has 0 radical (unpaired) electrons. The Balaban J connectivity index is 1.73. The highest BCUT2D eigenvalue weighted by Gasteiger charge is 2.16. The number of alkyl halides is 2. The van der Waals surface area contributed by atoms with Gasteiger partial charge in [0, 0.05) is 11.8 Å². The van der Waals surface area contributed by atoms with E-state index in [0.29, 0.717) is 15.7 Å². The number of anilines is 2. The van der Waals surface area contributed by atoms with E-state index < -0.39 is 18.3 Å². The number of hydrogen-bond acceptors (Lipinski definition) is 7. The highest BCUT2D eigenvalue weighted by Crippen LogP contribution is 2.32. The molecule has 0 aliphatic carbocycles. The lowest BCUT2D eigenvalue weighted by Crippen LogP contribution is -2.32. The van der Waals surface area contributed by atoms with E-state index in [1.54, 1.807) is 0 Å². The van der Waals surface area contributed by atoms with E-state index in [0.717, 1.165) is 0 Å². The van der Waals surface area contributed by atoms with Gasteiger partial charge in [-0.3, -0.25) is 20.6 Å². The standard InChI is InChI=1S/C18H14BrF3N6O2/c19-14-15(9-3-5-10(20)6-4-9)25-18(23)26-16(14)28-27-13(29)8-11-12(30-17(21)22)2-1-7-24-11/h1-7,17H,8H2,(H,27,29)(H3,23,25,26,28). The molecule has 2 aromatic heterocycles. The van der Waals surface area contributed by atoms with Crippen molar-refractivity contribution >= 4 is 33.6 Å². The third-order valence-electron chi connectivity index (χ3n) is 3.70. The number of carbonyl (C=O) groups is 1. The van der Waals surface area contributed by atoms with Crippen LogP contribution in [0.2, 0.25) is 0 Å². The SMILES string of the molecule is Nc1nc(NNC(=O)Cc2ncccc2OC(F)F)c(Br)c(-c2ccc(F)cc2)n1. The molecule has 0 spiro atoms. The number of carbonyl (C=O) groups excluding carboxylic acids is 1. The van der Waals surface area contributed by atoms with Crippen LogP contribution in [0.15, 0.2) is 47.1 Å². The second-order valence-corrected chi connectivity index (χ2v) is 6.57. The zero-order chi connectivity index (χ0) is 21.7. The first-order valence-electron chi connectivity index (χ1n) is 8.36. The molecule has 0 fully saturated rings. The molecule has 156 valence electrons. The lowest BCUT2D eigenvalue weighted by Gasteiger charge is -2.13. The van der Waals surface area contributed by atoms with Crippen molar-refractivity contribution in [2.24, 2.45) is 0 Å². The average molecular weight is 483 g/mol. The molecule has 1 aromatic carbocycles. The van der Waals surface area contributed by atoms with Crippen LogP contribution in [0.5, 0.6) is 5.75 Å². The van der Waals surface area contributed by atoms with Crippen LogP contribution in [-0.4, -0.2) is 27.5 Å². The van der Waals surface area contributed by atoms with Crippen molar-refractivity contribution in [3.05, 3.63) is 58.6 Å². The summed E-state index contributed by atoms with van der Waals surface area (Å²) in [7, 11) is 0. The van der Waals surface area contributed by atoms with Gasteiger partial charge >= 0.3 is 6.61 Å². The summed E-state index contributed by atoms with van der Waals surface area (Å²) in [4.78, 5) is 24.2. The Labute approximate surface area is 176 Å². The van der Waals surface area contributed by atoms with Crippen molar-refractivity contribution < 1.29 is 22.7 Å². The van der Waals surface area contributed by atoms with Gasteiger partial charge in [0.1, 0.15) is 11.6 Å². The number of nitrogen functional groups attached to an aromatic ring is 1. The van der Waals surface area contributed by atoms with Crippen molar-refractivity contribution in [3.8, 4) is 17.0 Å². The zero-order valence-electron chi connectivity index (χ0n) is 15.1. The highest BCUT2D eigenvalue weighted by molar-refractivity contribution is 9.10. The number of pyridine rings is 1. The van der Waals surface area contributed by atoms with Crippen LogP contribution in [0.1, 0.15) is 5.69 Å². The van der Waals surface area contributed by atoms with Crippen LogP contribution >= 0.6 is 15.9 Å². The molecule has 0 saturated heterocycles. The Morgan fingerprint density at radius 1 is 1.20 bits per heavy atom. The maximum Gasteiger partial charge on any atom is 0.387 e. The third-order valence-corrected chi connectivity index (χ3v) is 4.45. The molecule has 2 heterocycles. The lowest BCUT2D eigenvalue weighted by atomic mass is 10.1. The second-order valence-electron chi connectivity index (χ2n) is 5.78. The van der Waals surface area contributed by atoms with E-state index in [1.165, 1.54) is 42.6 Å². The minimum Gasteiger partial charge on any atom is -0.433 e. The number of amides is 1. The van der Waals surface area contributed by atoms with E-state index in [2.05, 4.69) is 46.5 Å². The maximum absolute atomic E-state index is 13.2. The van der Waals surface area contributed by atoms with E-state index in [1.807, 2.05) is 0 Å². The monoisotopic (exact) mass is 482 g/mol. The Hall–Kier alpha value is -3.41. The first-order chi connectivity index (χ1) is 14.3. The Morgan fingerprint density at radius 3 is 2.63 bits per heavy atom. The second kappa shape index (κ2) is 9.39. The number of halogens is 4. The third kappa shape index (κ3) is 5.35. The minimum atomic E-state index is -3.04. The molecule has 4 N–H and O–H groups in total. The van der Waals surface area contributed by atoms with Crippen LogP contribution in [-0.2, 0) is 11.2 Å². The average Bonchev–Trinajstić information content (AvgIpc) is 2.70. The summed E-state index contributed by atoms with van der Waals surface area (Å²) >= 11 is 3.32. The molecule has 0 atom stereocenters. The minimum absolute atomic E-state index is 0.0327. The summed E-state index contributed by atoms with van der Waals surface area (Å²) in [6.07, 6.45) is 1.02. The van der Waals surface area contributed by atoms with Crippen LogP contribution < -0.4 is 21.3 Å². The molecule has 3 rings (SSSR count). The van der Waals surface area contributed by atoms with Gasteiger partial charge in [-0.2, -0.15) is 13.8 Å². The smallest absolute Gasteiger partial charge is 0.387 e. The normalized spacial score (nSPS) is 10.7. The predicted octanol–water partition coefficient (Wildman–Crippen LogP) is 3.31. The summed E-state index contributed by atoms with van der Waals surface area (Å²) in [5, 5.41) is 0. The Kier molecular flexibility index (Phi) is 6.67. The molecule has 0 aliphatic heterocycles. The van der Waals surface area contributed by atoms with Gasteiger partial charge in [-0.05, 0) is 52.3 Å². The van der Waals surface area contributed by atoms with Crippen molar-refractivity contribution in [1.29, 1.82) is 0 Å². The molecule has 1 amide bonds. The van der Waals surface area contributed by atoms with Gasteiger partial charge in [0.2, 0.25) is 11.9 Å². The van der Waals surface area contributed by atoms with Crippen LogP contribution in [0.4, 0.5) is 24.9 Å². The number of nitrogens with one attached hydrogen (secondary N) is 2. The van der Waals surface area contributed by atoms with E-state index in [4.69, 9.17) is 5.73 Å². The Bertz CT molecular complexity index is 1050. The molecule has 3 aromatic rings. The summed E-state index contributed by atoms with van der Waals surface area (Å²) < 4.78 is 42.8. The number of nitrogens with zero attached hydrogens (tertiary/aromatic N) is 3. The first kappa shape index (κ1) is 21.3. The fourth-order valence-electron chi connectivity index (χ4n) is 2.43. The van der Waals surface area contributed by atoms with Crippen molar-refractivity contribution in [2.75, 3.05) is 11.2 Å². The van der Waals surface area contributed by atoms with Crippen molar-refractivity contribution in [1.82, 2.24) is 20.4 Å². The van der Waals surface area contributed by atoms with Crippen LogP contribution in [0.25, 0.3) is 11.3 Å². The number of nitrogens with two attached hydrogens (primary N) is 1. The molecule has 30 heavy (non-hydrogen) atoms. The number of hydrogen-bond donors (Lipinski definition) is 3. The first-order valence-corrected chi connectivity index (χ1v) is 9.15. The van der Waals surface area contributed by atoms with E-state index in [-0.39, 0.29) is 29.6 Å². The van der Waals surface area contributed by atoms with Gasteiger partial charge < -0.3 is 10.5 Å². The Morgan fingerprint density at radius 2 is 1.93 bits per heavy atom. The van der Waals surface area contributed by atoms with Crippen molar-refractivity contribution in [2.45, 2.75) is 13.0 Å². The zero-order valence-corrected chi connectivity index (χ0v) is 16.7. The summed E-state index contributed by atoms with van der Waals surface area (Å²) in [5.41, 5.74) is 11.7. The predicted molar refractivity (Wildman–Crippen MR) is 106 cm³/mol. The van der Waals surface area contributed by atoms with E-state index in [9.17, 15) is 18.0 Å². The summed E-state index contributed by atoms with van der Waals surface area (Å²) in [6.45, 7) is -3.04. The number of benzene rings is 1. The van der Waals surface area contributed by atoms with Gasteiger partial charge in [0.15, 0.2) is 5.82 Å². The summed E-state index contributed by atoms with van der Waals surface area (Å²) in [5.74, 6) is -1.16. The highest BCUT2D eigenvalue weighted by atomic mass is 79.9. The number of rotatable bonds is 7. The van der Waals surface area contributed by atoms with Gasteiger partial charge in [0.05, 0.1) is 22.3 Å². The molecule has 0 unspecified atom stereocenters. The molecular formula is C18H14BrF3N6O2. The molecule has 0 saturated carbocycles. The quantitative estimate of drug-likeness (QED) is 0.442. The van der Waals surface area contributed by atoms with Crippen LogP contribution in [0.3, 0.4) is 0 Å². The number of hydrazine groups is 1. The largest absolute Gasteiger partial charge is 0.433 e. The number of aromatic nitrogens is 3. The molecule has 8 nitrogen and oxygen atoms in total. The molecule has 0 aliphatic rings. The fourth-order valence-corrected chi connectivity index (χ4v) is 2.94. The number of ether oxygens (including phenoxy) is 1. The van der Waals surface area contributed by atoms with Gasteiger partial charge in [-0.1, -0.05) is 0 Å². The maximum atomic E-state index is 13.2. The van der Waals surface area contributed by atoms with Crippen LogP contribution in [0, 0.1) is 5.82 Å². The fraction of sp³-hybridized carbons (Fsp3) is 0.111. The van der Waals surface area contributed by atoms with E-state index >= 15 is 0 Å². The van der Waals surface area contributed by atoms with Gasteiger partial charge in [-0.25, -0.2) is 9.37 Å². The molecule has 0 bridgehead atoms. The van der Waals surface area contributed by atoms with Gasteiger partial charge in [-0.15, -0.1) is 0 Å².